The van der Waals surface area contributed by atoms with Gasteiger partial charge in [-0.25, -0.2) is 0 Å². The van der Waals surface area contributed by atoms with Crippen molar-refractivity contribution in [2.24, 2.45) is 28.6 Å². The summed E-state index contributed by atoms with van der Waals surface area (Å²) in [4.78, 5) is 5.14. The molecule has 2 saturated heterocycles. The van der Waals surface area contributed by atoms with Gasteiger partial charge in [-0.1, -0.05) is 13.8 Å². The third-order valence-electron chi connectivity index (χ3n) is 13.8. The van der Waals surface area contributed by atoms with E-state index in [0.29, 0.717) is 23.4 Å². The standard InChI is InChI=1S/C35H56N2O3S/c1-32-12-9-29(39-22-20-36-16-3-4-17-36)25-27(32)7-8-31-30(32)10-13-33(2)34(31,38)14-15-35(33,28-11-24-41-26-28)40-23-21-37-18-5-6-19-37/h11,24,26-27,29-31,38H,3-10,12-23,25H2,1-2H3/t27-,29+,30+,31-,32+,33+,34+,35-/m1/s1. The van der Waals surface area contributed by atoms with Gasteiger partial charge in [-0.3, -0.25) is 0 Å². The van der Waals surface area contributed by atoms with E-state index in [0.717, 1.165) is 51.5 Å². The van der Waals surface area contributed by atoms with Gasteiger partial charge in [0, 0.05) is 18.5 Å². The lowest BCUT2D eigenvalue weighted by molar-refractivity contribution is -0.249. The second-order valence-electron chi connectivity index (χ2n) is 15.3. The summed E-state index contributed by atoms with van der Waals surface area (Å²) in [6.45, 7) is 13.8. The molecule has 0 spiro atoms. The normalized spacial score (nSPS) is 45.0. The van der Waals surface area contributed by atoms with Gasteiger partial charge in [0.2, 0.25) is 0 Å². The van der Waals surface area contributed by atoms with Gasteiger partial charge in [0.25, 0.3) is 0 Å². The SMILES string of the molecule is C[C@]12CC[C@H](OCCN3CCCC3)C[C@H]1CC[C@@H]1[C@@H]2CC[C@]2(C)[C@](OCCN3CCCC3)(c3ccsc3)CC[C@]12O. The molecule has 2 aliphatic heterocycles. The van der Waals surface area contributed by atoms with Crippen LogP contribution in [-0.2, 0) is 15.1 Å². The molecule has 6 aliphatic rings. The second-order valence-corrected chi connectivity index (χ2v) is 16.1. The quantitative estimate of drug-likeness (QED) is 0.350. The van der Waals surface area contributed by atoms with Crippen molar-refractivity contribution in [1.29, 1.82) is 0 Å². The third kappa shape index (κ3) is 4.81. The van der Waals surface area contributed by atoms with Gasteiger partial charge in [0.1, 0.15) is 5.60 Å². The van der Waals surface area contributed by atoms with E-state index in [2.05, 4.69) is 40.5 Å². The first-order valence-electron chi connectivity index (χ1n) is 17.3. The minimum atomic E-state index is -0.650. The van der Waals surface area contributed by atoms with Crippen molar-refractivity contribution in [2.45, 2.75) is 115 Å². The summed E-state index contributed by atoms with van der Waals surface area (Å²) in [5, 5.41) is 17.5. The van der Waals surface area contributed by atoms with Crippen LogP contribution in [0.1, 0.15) is 103 Å². The predicted octanol–water partition coefficient (Wildman–Crippen LogP) is 6.69. The summed E-state index contributed by atoms with van der Waals surface area (Å²) in [5.41, 5.74) is 0.395. The van der Waals surface area contributed by atoms with E-state index in [-0.39, 0.29) is 11.0 Å². The highest BCUT2D eigenvalue weighted by Gasteiger charge is 2.73. The van der Waals surface area contributed by atoms with E-state index in [1.165, 1.54) is 96.0 Å². The fourth-order valence-corrected chi connectivity index (χ4v) is 12.0. The van der Waals surface area contributed by atoms with Crippen molar-refractivity contribution >= 4 is 11.3 Å². The van der Waals surface area contributed by atoms with Crippen LogP contribution in [0.25, 0.3) is 0 Å². The molecule has 4 saturated carbocycles. The lowest BCUT2D eigenvalue weighted by Crippen LogP contribution is -2.65. The van der Waals surface area contributed by atoms with Gasteiger partial charge in [-0.05, 0) is 155 Å². The number of likely N-dealkylation sites (tertiary alicyclic amines) is 2. The topological polar surface area (TPSA) is 45.2 Å². The van der Waals surface area contributed by atoms with Crippen LogP contribution in [0.15, 0.2) is 16.8 Å². The average Bonchev–Trinajstić information content (AvgIpc) is 3.79. The number of fused-ring (bicyclic) bond motifs is 5. The van der Waals surface area contributed by atoms with E-state index in [9.17, 15) is 5.11 Å². The van der Waals surface area contributed by atoms with Crippen LogP contribution in [0.2, 0.25) is 0 Å². The third-order valence-corrected chi connectivity index (χ3v) is 14.5. The first kappa shape index (κ1) is 29.2. The maximum absolute atomic E-state index is 13.0. The largest absolute Gasteiger partial charge is 0.389 e. The van der Waals surface area contributed by atoms with Gasteiger partial charge >= 0.3 is 0 Å². The van der Waals surface area contributed by atoms with Crippen LogP contribution in [0, 0.1) is 28.6 Å². The molecule has 0 aromatic carbocycles. The van der Waals surface area contributed by atoms with Crippen LogP contribution < -0.4 is 0 Å². The first-order valence-corrected chi connectivity index (χ1v) is 18.3. The number of ether oxygens (including phenoxy) is 2. The zero-order chi connectivity index (χ0) is 28.1. The molecular weight excluding hydrogens is 528 g/mol. The molecule has 0 amide bonds. The Hall–Kier alpha value is -0.500. The molecule has 4 aliphatic carbocycles. The molecule has 0 radical (unpaired) electrons. The summed E-state index contributed by atoms with van der Waals surface area (Å²) in [6, 6.07) is 2.30. The molecule has 0 bridgehead atoms. The molecule has 8 atom stereocenters. The number of aliphatic hydroxyl groups is 1. The Morgan fingerprint density at radius 3 is 2.29 bits per heavy atom. The highest BCUT2D eigenvalue weighted by Crippen LogP contribution is 2.72. The van der Waals surface area contributed by atoms with E-state index >= 15 is 0 Å². The molecule has 3 heterocycles. The summed E-state index contributed by atoms with van der Waals surface area (Å²) >= 11 is 1.78. The number of nitrogens with zero attached hydrogens (tertiary/aromatic N) is 2. The minimum absolute atomic E-state index is 0.244. The Bertz CT molecular complexity index is 1020. The Labute approximate surface area is 253 Å². The fourth-order valence-electron chi connectivity index (χ4n) is 11.3. The molecule has 1 aromatic rings. The highest BCUT2D eigenvalue weighted by molar-refractivity contribution is 7.08. The minimum Gasteiger partial charge on any atom is -0.389 e. The van der Waals surface area contributed by atoms with E-state index in [1.807, 2.05) is 0 Å². The first-order chi connectivity index (χ1) is 19.9. The smallest absolute Gasteiger partial charge is 0.102 e. The van der Waals surface area contributed by atoms with Crippen molar-refractivity contribution in [3.8, 4) is 0 Å². The zero-order valence-corrected chi connectivity index (χ0v) is 26.8. The summed E-state index contributed by atoms with van der Waals surface area (Å²) in [5.74, 6) is 1.74. The Morgan fingerprint density at radius 2 is 1.59 bits per heavy atom. The molecule has 41 heavy (non-hydrogen) atoms. The molecule has 6 fully saturated rings. The van der Waals surface area contributed by atoms with Crippen molar-refractivity contribution in [2.75, 3.05) is 52.5 Å². The van der Waals surface area contributed by atoms with Crippen LogP contribution in [-0.4, -0.2) is 79.1 Å². The monoisotopic (exact) mass is 584 g/mol. The lowest BCUT2D eigenvalue weighted by Gasteiger charge is -2.64. The predicted molar refractivity (Wildman–Crippen MR) is 166 cm³/mol. The molecular formula is C35H56N2O3S. The zero-order valence-electron chi connectivity index (χ0n) is 26.0. The number of thiophene rings is 1. The van der Waals surface area contributed by atoms with Crippen LogP contribution in [0.4, 0.5) is 0 Å². The highest BCUT2D eigenvalue weighted by atomic mass is 32.1. The average molecular weight is 585 g/mol. The van der Waals surface area contributed by atoms with Gasteiger partial charge < -0.3 is 24.4 Å². The van der Waals surface area contributed by atoms with Crippen molar-refractivity contribution < 1.29 is 14.6 Å². The summed E-state index contributed by atoms with van der Waals surface area (Å²) in [6.07, 6.45) is 16.1. The number of hydrogen-bond donors (Lipinski definition) is 1. The molecule has 7 rings (SSSR count). The molecule has 230 valence electrons. The maximum Gasteiger partial charge on any atom is 0.102 e. The van der Waals surface area contributed by atoms with Crippen molar-refractivity contribution in [1.82, 2.24) is 9.80 Å². The number of hydrogen-bond acceptors (Lipinski definition) is 6. The van der Waals surface area contributed by atoms with E-state index < -0.39 is 5.60 Å². The van der Waals surface area contributed by atoms with E-state index in [1.54, 1.807) is 11.3 Å². The molecule has 1 aromatic heterocycles. The number of rotatable bonds is 9. The van der Waals surface area contributed by atoms with Crippen LogP contribution in [0.5, 0.6) is 0 Å². The maximum atomic E-state index is 13.0. The Morgan fingerprint density at radius 1 is 0.854 bits per heavy atom. The van der Waals surface area contributed by atoms with Gasteiger partial charge in [-0.15, -0.1) is 0 Å². The summed E-state index contributed by atoms with van der Waals surface area (Å²) in [7, 11) is 0. The molecule has 0 unspecified atom stereocenters. The summed E-state index contributed by atoms with van der Waals surface area (Å²) < 4.78 is 13.6. The Balaban J connectivity index is 1.06. The van der Waals surface area contributed by atoms with Crippen molar-refractivity contribution in [3.05, 3.63) is 22.4 Å². The van der Waals surface area contributed by atoms with Crippen LogP contribution >= 0.6 is 11.3 Å². The lowest BCUT2D eigenvalue weighted by atomic mass is 9.43. The molecule has 1 N–H and O–H groups in total. The van der Waals surface area contributed by atoms with E-state index in [4.69, 9.17) is 9.47 Å². The van der Waals surface area contributed by atoms with Gasteiger partial charge in [-0.2, -0.15) is 11.3 Å². The second kappa shape index (κ2) is 11.5. The Kier molecular flexibility index (Phi) is 8.16. The van der Waals surface area contributed by atoms with Crippen molar-refractivity contribution in [3.63, 3.8) is 0 Å². The van der Waals surface area contributed by atoms with Gasteiger partial charge in [0.05, 0.1) is 24.9 Å². The molecule has 5 nitrogen and oxygen atoms in total. The van der Waals surface area contributed by atoms with Gasteiger partial charge in [0.15, 0.2) is 0 Å². The van der Waals surface area contributed by atoms with Crippen LogP contribution in [0.3, 0.4) is 0 Å². The fraction of sp³-hybridized carbons (Fsp3) is 0.886. The molecule has 6 heteroatoms.